The zero-order valence-electron chi connectivity index (χ0n) is 31.0. The summed E-state index contributed by atoms with van der Waals surface area (Å²) in [6, 6.07) is 16.4. The monoisotopic (exact) mass is 724 g/mol. The molecule has 2 aromatic carbocycles. The van der Waals surface area contributed by atoms with Gasteiger partial charge in [0.2, 0.25) is 0 Å². The summed E-state index contributed by atoms with van der Waals surface area (Å²) in [6.45, 7) is 13.0. The van der Waals surface area contributed by atoms with Gasteiger partial charge >= 0.3 is 11.9 Å². The third-order valence-corrected chi connectivity index (χ3v) is 9.74. The van der Waals surface area contributed by atoms with Crippen LogP contribution in [-0.2, 0) is 35.7 Å². The van der Waals surface area contributed by atoms with Crippen LogP contribution in [0.2, 0.25) is 0 Å². The Morgan fingerprint density at radius 2 is 1.49 bits per heavy atom. The van der Waals surface area contributed by atoms with E-state index >= 15 is 0 Å². The summed E-state index contributed by atoms with van der Waals surface area (Å²) in [5, 5.41) is 0. The molecule has 0 amide bonds. The zero-order chi connectivity index (χ0) is 37.5. The Morgan fingerprint density at radius 3 is 2.08 bits per heavy atom. The average Bonchev–Trinajstić information content (AvgIpc) is 3.58. The fourth-order valence-electron chi connectivity index (χ4n) is 5.91. The number of nitrogens with zero attached hydrogens (tertiary/aromatic N) is 2. The first-order chi connectivity index (χ1) is 24.5. The number of unbranched alkanes of at least 4 members (excludes halogenated alkanes) is 9. The number of ether oxygens (including phenoxy) is 2. The van der Waals surface area contributed by atoms with Crippen molar-refractivity contribution in [1.82, 2.24) is 9.80 Å². The molecule has 0 fully saturated rings. The molecular formula is C41H60N2O7S. The second kappa shape index (κ2) is 24.3. The molecule has 1 N–H and O–H groups in total. The Balaban J connectivity index is 0.000000631. The topological polar surface area (TPSA) is 113 Å². The van der Waals surface area contributed by atoms with E-state index in [1.54, 1.807) is 25.1 Å². The molecule has 0 radical (unpaired) electrons. The first-order valence-electron chi connectivity index (χ1n) is 18.3. The van der Waals surface area contributed by atoms with Gasteiger partial charge in [-0.1, -0.05) is 126 Å². The molecule has 0 spiro atoms. The van der Waals surface area contributed by atoms with Crippen LogP contribution < -0.4 is 0 Å². The minimum Gasteiger partial charge on any atom is -0.469 e. The van der Waals surface area contributed by atoms with Crippen molar-refractivity contribution in [2.24, 2.45) is 0 Å². The van der Waals surface area contributed by atoms with Crippen LogP contribution in [0.1, 0.15) is 115 Å². The molecule has 2 unspecified atom stereocenters. The summed E-state index contributed by atoms with van der Waals surface area (Å²) in [4.78, 5) is 28.6. The fourth-order valence-corrected chi connectivity index (χ4v) is 6.39. The second-order valence-electron chi connectivity index (χ2n) is 13.2. The number of rotatable bonds is 23. The number of esters is 2. The average molecular weight is 725 g/mol. The smallest absolute Gasteiger partial charge is 0.333 e. The Hall–Kier alpha value is -3.89. The highest BCUT2D eigenvalue weighted by atomic mass is 32.2. The van der Waals surface area contributed by atoms with Crippen molar-refractivity contribution in [2.45, 2.75) is 127 Å². The van der Waals surface area contributed by atoms with Crippen LogP contribution in [0.5, 0.6) is 0 Å². The zero-order valence-corrected chi connectivity index (χ0v) is 31.8. The van der Waals surface area contributed by atoms with Crippen LogP contribution in [0.25, 0.3) is 6.08 Å². The third-order valence-electron chi connectivity index (χ3n) is 8.87. The molecule has 2 atom stereocenters. The van der Waals surface area contributed by atoms with Crippen LogP contribution in [0.3, 0.4) is 0 Å². The van der Waals surface area contributed by atoms with E-state index in [1.807, 2.05) is 6.07 Å². The fraction of sp³-hybridized carbons (Fsp3) is 0.512. The number of hydrogen-bond donors (Lipinski definition) is 1. The maximum absolute atomic E-state index is 12.7. The highest BCUT2D eigenvalue weighted by molar-refractivity contribution is 7.85. The molecule has 1 aliphatic heterocycles. The number of hydrogen-bond acceptors (Lipinski definition) is 8. The van der Waals surface area contributed by atoms with Crippen LogP contribution >= 0.6 is 0 Å². The van der Waals surface area contributed by atoms with Gasteiger partial charge in [0.25, 0.3) is 10.1 Å². The predicted molar refractivity (Wildman–Crippen MR) is 205 cm³/mol. The molecule has 0 bridgehead atoms. The molecule has 10 heteroatoms. The first-order valence-corrected chi connectivity index (χ1v) is 19.8. The highest BCUT2D eigenvalue weighted by Gasteiger charge is 2.31. The molecule has 0 aromatic heterocycles. The SMILES string of the molecule is C=C(C)C(=O)OC(CCCCCCCC)C(CCCCCCCC(=O)OC)N1C=CN(Cc2ccccc2)C1.C=Cc1ccc(S(=O)(=O)O)cc1. The lowest BCUT2D eigenvalue weighted by molar-refractivity contribution is -0.148. The van der Waals surface area contributed by atoms with Gasteiger partial charge in [0, 0.05) is 30.9 Å². The van der Waals surface area contributed by atoms with Crippen molar-refractivity contribution in [2.75, 3.05) is 13.8 Å². The summed E-state index contributed by atoms with van der Waals surface area (Å²) >= 11 is 0. The van der Waals surface area contributed by atoms with Gasteiger partial charge in [0.05, 0.1) is 24.7 Å². The quantitative estimate of drug-likeness (QED) is 0.0518. The van der Waals surface area contributed by atoms with Gasteiger partial charge in [0.1, 0.15) is 6.10 Å². The van der Waals surface area contributed by atoms with Gasteiger partial charge < -0.3 is 19.3 Å². The highest BCUT2D eigenvalue weighted by Crippen LogP contribution is 2.26. The van der Waals surface area contributed by atoms with Gasteiger partial charge in [-0.2, -0.15) is 8.42 Å². The van der Waals surface area contributed by atoms with Crippen LogP contribution in [0.15, 0.2) is 90.6 Å². The minimum absolute atomic E-state index is 0.104. The van der Waals surface area contributed by atoms with Crippen molar-refractivity contribution < 1.29 is 32.0 Å². The van der Waals surface area contributed by atoms with Crippen LogP contribution in [-0.4, -0.2) is 60.6 Å². The lowest BCUT2D eigenvalue weighted by Gasteiger charge is -2.35. The molecule has 3 rings (SSSR count). The maximum Gasteiger partial charge on any atom is 0.333 e. The van der Waals surface area contributed by atoms with E-state index in [0.29, 0.717) is 12.0 Å². The summed E-state index contributed by atoms with van der Waals surface area (Å²) in [6.07, 6.45) is 20.5. The second-order valence-corrected chi connectivity index (χ2v) is 14.6. The molecule has 0 saturated carbocycles. The van der Waals surface area contributed by atoms with Crippen molar-refractivity contribution in [3.05, 3.63) is 96.9 Å². The predicted octanol–water partition coefficient (Wildman–Crippen LogP) is 9.32. The Labute approximate surface area is 307 Å². The molecule has 282 valence electrons. The van der Waals surface area contributed by atoms with Crippen LogP contribution in [0.4, 0.5) is 0 Å². The number of benzene rings is 2. The van der Waals surface area contributed by atoms with Gasteiger partial charge in [-0.25, -0.2) is 4.79 Å². The number of carbonyl (C=O) groups excluding carboxylic acids is 2. The van der Waals surface area contributed by atoms with Gasteiger partial charge in [-0.05, 0) is 55.9 Å². The lowest BCUT2D eigenvalue weighted by Crippen LogP contribution is -2.44. The van der Waals surface area contributed by atoms with Gasteiger partial charge in [-0.15, -0.1) is 0 Å². The molecule has 51 heavy (non-hydrogen) atoms. The lowest BCUT2D eigenvalue weighted by atomic mass is 9.96. The van der Waals surface area contributed by atoms with Gasteiger partial charge in [0.15, 0.2) is 0 Å². The van der Waals surface area contributed by atoms with E-state index in [2.05, 4.69) is 66.5 Å². The molecule has 1 aliphatic rings. The standard InChI is InChI=1S/C33H52N2O4.C8H8O3S/c1-5-6-7-8-11-17-22-31(39-33(37)28(2)3)30(21-16-10-9-12-18-23-32(36)38-4)35-25-24-34(27-35)26-29-19-14-13-15-20-29;1-2-7-3-5-8(6-4-7)12(9,10)11/h13-15,19-20,24-25,30-31H,2,5-12,16-18,21-23,26-27H2,1,3-4H3;2-6H,1H2,(H,9,10,11). The van der Waals surface area contributed by atoms with Crippen LogP contribution in [0, 0.1) is 0 Å². The molecular weight excluding hydrogens is 665 g/mol. The molecule has 9 nitrogen and oxygen atoms in total. The third kappa shape index (κ3) is 17.7. The first kappa shape index (κ1) is 43.3. The van der Waals surface area contributed by atoms with Crippen molar-refractivity contribution >= 4 is 28.1 Å². The van der Waals surface area contributed by atoms with E-state index in [9.17, 15) is 18.0 Å². The van der Waals surface area contributed by atoms with E-state index in [0.717, 1.165) is 70.1 Å². The normalized spacial score (nSPS) is 13.6. The van der Waals surface area contributed by atoms with E-state index < -0.39 is 10.1 Å². The summed E-state index contributed by atoms with van der Waals surface area (Å²) in [7, 11) is -2.62. The van der Waals surface area contributed by atoms with Crippen molar-refractivity contribution in [3.8, 4) is 0 Å². The Morgan fingerprint density at radius 1 is 0.882 bits per heavy atom. The molecule has 1 heterocycles. The molecule has 2 aromatic rings. The van der Waals surface area contributed by atoms with E-state index in [-0.39, 0.29) is 29.0 Å². The summed E-state index contributed by atoms with van der Waals surface area (Å²) in [5.74, 6) is -0.420. The summed E-state index contributed by atoms with van der Waals surface area (Å²) in [5.41, 5.74) is 2.54. The summed E-state index contributed by atoms with van der Waals surface area (Å²) < 4.78 is 40.6. The molecule has 0 saturated heterocycles. The van der Waals surface area contributed by atoms with Crippen molar-refractivity contribution in [3.63, 3.8) is 0 Å². The number of carbonyl (C=O) groups is 2. The molecule has 0 aliphatic carbocycles. The Bertz CT molecular complexity index is 1460. The van der Waals surface area contributed by atoms with Gasteiger partial charge in [-0.3, -0.25) is 9.35 Å². The minimum atomic E-state index is -4.06. The Kier molecular flexibility index (Phi) is 20.6. The number of methoxy groups -OCH3 is 1. The largest absolute Gasteiger partial charge is 0.469 e. The van der Waals surface area contributed by atoms with E-state index in [1.165, 1.54) is 56.9 Å². The maximum atomic E-state index is 12.7. The van der Waals surface area contributed by atoms with Crippen molar-refractivity contribution in [1.29, 1.82) is 0 Å². The van der Waals surface area contributed by atoms with E-state index in [4.69, 9.17) is 14.0 Å².